The summed E-state index contributed by atoms with van der Waals surface area (Å²) in [5.74, 6) is 0.470. The molecule has 2 atom stereocenters. The van der Waals surface area contributed by atoms with Crippen LogP contribution in [0.25, 0.3) is 21.3 Å². The third-order valence-electron chi connectivity index (χ3n) is 12.6. The van der Waals surface area contributed by atoms with Crippen molar-refractivity contribution in [1.29, 1.82) is 0 Å². The number of para-hydroxylation sites is 1. The van der Waals surface area contributed by atoms with E-state index < -0.39 is 5.97 Å². The van der Waals surface area contributed by atoms with Crippen LogP contribution in [0.5, 0.6) is 0 Å². The van der Waals surface area contributed by atoms with Crippen LogP contribution in [0.1, 0.15) is 87.0 Å². The molecule has 5 aromatic rings. The first-order chi connectivity index (χ1) is 27.2. The number of rotatable bonds is 16. The molecule has 4 bridgehead atoms. The molecule has 0 saturated heterocycles. The molecule has 13 nitrogen and oxygen atoms in total. The third kappa shape index (κ3) is 7.89. The average molecular weight is 794 g/mol. The molecule has 4 aliphatic carbocycles. The maximum absolute atomic E-state index is 12.8. The molecule has 4 aliphatic rings. The molecule has 3 N–H and O–H groups in total. The van der Waals surface area contributed by atoms with Crippen LogP contribution in [-0.4, -0.2) is 97.0 Å². The van der Waals surface area contributed by atoms with Crippen molar-refractivity contribution < 1.29 is 19.7 Å². The highest BCUT2D eigenvalue weighted by Gasteiger charge is 2.66. The van der Waals surface area contributed by atoms with E-state index >= 15 is 0 Å². The third-order valence-corrected chi connectivity index (χ3v) is 13.6. The minimum atomic E-state index is -1.11. The van der Waals surface area contributed by atoms with Crippen LogP contribution in [0.2, 0.25) is 0 Å². The number of nitrogens with zero attached hydrogens (tertiary/aromatic N) is 8. The van der Waals surface area contributed by atoms with Crippen molar-refractivity contribution in [1.82, 2.24) is 34.8 Å². The number of aromatic nitrogens is 6. The second-order valence-electron chi connectivity index (χ2n) is 18.0. The highest BCUT2D eigenvalue weighted by Crippen LogP contribution is 2.72. The fourth-order valence-corrected chi connectivity index (χ4v) is 12.1. The summed E-state index contributed by atoms with van der Waals surface area (Å²) >= 11 is 1.55. The van der Waals surface area contributed by atoms with Gasteiger partial charge in [0.15, 0.2) is 22.5 Å². The predicted molar refractivity (Wildman–Crippen MR) is 224 cm³/mol. The van der Waals surface area contributed by atoms with E-state index in [4.69, 9.17) is 9.84 Å². The summed E-state index contributed by atoms with van der Waals surface area (Å²) in [5.41, 5.74) is 4.29. The lowest BCUT2D eigenvalue weighted by molar-refractivity contribution is -0.248. The Bertz CT molecular complexity index is 2240. The van der Waals surface area contributed by atoms with Gasteiger partial charge in [-0.2, -0.15) is 5.10 Å². The predicted octanol–water partition coefficient (Wildman–Crippen LogP) is 8.01. The number of benzene rings is 1. The monoisotopic (exact) mass is 793 g/mol. The van der Waals surface area contributed by atoms with E-state index in [2.05, 4.69) is 56.0 Å². The molecule has 0 aliphatic heterocycles. The molecule has 4 fully saturated rings. The number of hydrogen-bond donors (Lipinski definition) is 3. The first-order valence-electron chi connectivity index (χ1n) is 20.1. The van der Waals surface area contributed by atoms with Crippen molar-refractivity contribution >= 4 is 50.1 Å². The molecule has 0 amide bonds. The largest absolute Gasteiger partial charge is 0.476 e. The number of likely N-dealkylation sites (N-methyl/N-ethyl adjacent to an activating group) is 1. The van der Waals surface area contributed by atoms with E-state index in [1.807, 2.05) is 63.4 Å². The van der Waals surface area contributed by atoms with Gasteiger partial charge in [-0.3, -0.25) is 4.68 Å². The van der Waals surface area contributed by atoms with Gasteiger partial charge in [0.05, 0.1) is 28.6 Å². The summed E-state index contributed by atoms with van der Waals surface area (Å²) in [6, 6.07) is 13.5. The molecule has 14 heteroatoms. The second-order valence-corrected chi connectivity index (χ2v) is 19.1. The zero-order valence-electron chi connectivity index (χ0n) is 34.0. The van der Waals surface area contributed by atoms with Crippen molar-refractivity contribution in [2.75, 3.05) is 50.6 Å². The van der Waals surface area contributed by atoms with Gasteiger partial charge in [0, 0.05) is 43.6 Å². The number of carbonyl (C=O) groups is 1. The van der Waals surface area contributed by atoms with Crippen molar-refractivity contribution in [3.8, 4) is 11.1 Å². The van der Waals surface area contributed by atoms with Crippen molar-refractivity contribution in [3.05, 3.63) is 65.6 Å². The highest BCUT2D eigenvalue weighted by atomic mass is 32.1. The minimum Gasteiger partial charge on any atom is -0.476 e. The summed E-state index contributed by atoms with van der Waals surface area (Å²) in [7, 11) is 3.94. The summed E-state index contributed by atoms with van der Waals surface area (Å²) in [6.45, 7) is 12.5. The molecule has 0 spiro atoms. The maximum atomic E-state index is 12.8. The van der Waals surface area contributed by atoms with Crippen molar-refractivity contribution in [3.63, 3.8) is 0 Å². The number of pyridine rings is 1. The van der Waals surface area contributed by atoms with E-state index in [1.165, 1.54) is 6.42 Å². The topological polar surface area (TPSA) is 155 Å². The molecular formula is C43H55N9O4S. The fourth-order valence-electron chi connectivity index (χ4n) is 11.3. The molecule has 9 rings (SSSR count). The molecule has 4 saturated carbocycles. The Kier molecular flexibility index (Phi) is 10.4. The number of fused-ring (bicyclic) bond motifs is 1. The summed E-state index contributed by atoms with van der Waals surface area (Å²) in [6.07, 6.45) is 10.3. The molecule has 57 heavy (non-hydrogen) atoms. The number of hydrogen-bond acceptors (Lipinski definition) is 12. The number of aromatic carboxylic acids is 1. The minimum absolute atomic E-state index is 0.0377. The zero-order valence-corrected chi connectivity index (χ0v) is 34.8. The summed E-state index contributed by atoms with van der Waals surface area (Å²) in [5, 5.41) is 37.5. The standard InChI is InChI=1S/C43H55N9O4S/c1-28-19-35(48-49-37(28)47-39-45-32-11-7-8-12-33(32)57-39)51(6)34-14-13-30(36(46-34)38(54)55)31-20-44-52(29(31)2)27-42-22-40(3)21-41(4,23-42)25-43(24-40,26-42)56-18-16-50(5)15-9-10-17-53/h7-8,11-14,19-20,53H,9-10,15-18,21-27H2,1-6H3,(H,54,55)(H,45,47,49). The van der Waals surface area contributed by atoms with E-state index in [1.54, 1.807) is 22.4 Å². The van der Waals surface area contributed by atoms with Gasteiger partial charge in [-0.05, 0) is 131 Å². The Morgan fingerprint density at radius 2 is 1.70 bits per heavy atom. The lowest BCUT2D eigenvalue weighted by Crippen LogP contribution is -2.64. The van der Waals surface area contributed by atoms with Crippen LogP contribution < -0.4 is 10.2 Å². The van der Waals surface area contributed by atoms with Crippen molar-refractivity contribution in [2.45, 2.75) is 91.2 Å². The fraction of sp³-hybridized carbons (Fsp3) is 0.535. The number of carboxylic acid groups (broad SMARTS) is 1. The number of unbranched alkanes of at least 4 members (excludes halogenated alkanes) is 1. The number of thiazole rings is 1. The van der Waals surface area contributed by atoms with E-state index in [9.17, 15) is 15.0 Å². The second kappa shape index (κ2) is 15.0. The SMILES string of the molecule is Cc1cc(N(C)c2ccc(-c3cnn(CC45CC6(C)CC(C)(C4)CC(OCCN(C)CCCCO)(C6)C5)c3C)c(C(=O)O)n2)nnc1Nc1nc2ccccc2s1. The molecule has 2 unspecified atom stereocenters. The van der Waals surface area contributed by atoms with Crippen LogP contribution in [0.15, 0.2) is 48.7 Å². The number of nitrogens with one attached hydrogen (secondary N) is 1. The van der Waals surface area contributed by atoms with Gasteiger partial charge in [-0.15, -0.1) is 10.2 Å². The van der Waals surface area contributed by atoms with Crippen LogP contribution in [0.3, 0.4) is 0 Å². The van der Waals surface area contributed by atoms with E-state index in [0.717, 1.165) is 96.7 Å². The number of aliphatic hydroxyl groups is 1. The zero-order chi connectivity index (χ0) is 40.2. The maximum Gasteiger partial charge on any atom is 0.355 e. The van der Waals surface area contributed by atoms with E-state index in [0.29, 0.717) is 29.6 Å². The lowest BCUT2D eigenvalue weighted by atomic mass is 9.39. The first-order valence-corrected chi connectivity index (χ1v) is 20.9. The van der Waals surface area contributed by atoms with Crippen LogP contribution in [0, 0.1) is 30.1 Å². The summed E-state index contributed by atoms with van der Waals surface area (Å²) < 4.78 is 10.1. The number of carboxylic acids is 1. The molecule has 1 aromatic carbocycles. The van der Waals surface area contributed by atoms with Gasteiger partial charge < -0.3 is 30.1 Å². The van der Waals surface area contributed by atoms with Crippen molar-refractivity contribution in [2.24, 2.45) is 16.2 Å². The van der Waals surface area contributed by atoms with E-state index in [-0.39, 0.29) is 34.1 Å². The van der Waals surface area contributed by atoms with Gasteiger partial charge in [-0.1, -0.05) is 37.3 Å². The quantitative estimate of drug-likeness (QED) is 0.0829. The molecule has 0 radical (unpaired) electrons. The Hall–Kier alpha value is -4.50. The van der Waals surface area contributed by atoms with Gasteiger partial charge >= 0.3 is 5.97 Å². The number of aryl methyl sites for hydroxylation is 1. The molecular weight excluding hydrogens is 739 g/mol. The normalized spacial score (nSPS) is 25.1. The molecule has 4 aromatic heterocycles. The number of anilines is 4. The number of aliphatic hydroxyl groups excluding tert-OH is 1. The molecule has 302 valence electrons. The Morgan fingerprint density at radius 3 is 2.42 bits per heavy atom. The Morgan fingerprint density at radius 1 is 0.930 bits per heavy atom. The van der Waals surface area contributed by atoms with Gasteiger partial charge in [0.2, 0.25) is 0 Å². The van der Waals surface area contributed by atoms with Crippen LogP contribution in [-0.2, 0) is 11.3 Å². The smallest absolute Gasteiger partial charge is 0.355 e. The summed E-state index contributed by atoms with van der Waals surface area (Å²) in [4.78, 5) is 26.1. The van der Waals surface area contributed by atoms with Crippen LogP contribution >= 0.6 is 11.3 Å². The molecule has 4 heterocycles. The van der Waals surface area contributed by atoms with Gasteiger partial charge in [0.25, 0.3) is 0 Å². The number of ether oxygens (including phenoxy) is 1. The van der Waals surface area contributed by atoms with Gasteiger partial charge in [0.1, 0.15) is 5.82 Å². The first kappa shape index (κ1) is 39.3. The Labute approximate surface area is 338 Å². The average Bonchev–Trinajstić information content (AvgIpc) is 3.72. The lowest BCUT2D eigenvalue weighted by Gasteiger charge is -2.69. The van der Waals surface area contributed by atoms with Crippen LogP contribution in [0.4, 0.5) is 22.6 Å². The Balaban J connectivity index is 0.993. The highest BCUT2D eigenvalue weighted by molar-refractivity contribution is 7.22. The van der Waals surface area contributed by atoms with Gasteiger partial charge in [-0.25, -0.2) is 14.8 Å².